The molecule has 0 saturated heterocycles. The van der Waals surface area contributed by atoms with Crippen molar-refractivity contribution in [3.05, 3.63) is 60.7 Å². The average molecular weight is 742 g/mol. The number of phenolic OH excluding ortho intramolecular Hbond substituents is 2. The maximum atomic E-state index is 12.3. The second kappa shape index (κ2) is 13.5. The highest BCUT2D eigenvalue weighted by Crippen LogP contribution is 2.44. The molecule has 0 radical (unpaired) electrons. The highest BCUT2D eigenvalue weighted by Gasteiger charge is 2.22. The number of hydrogen-bond donors (Lipinski definition) is 5. The highest BCUT2D eigenvalue weighted by molar-refractivity contribution is 7.91. The SMILES string of the molecule is CCS(=O)(=O)c1ccc(O)c(/N=N/c2ccc3c(/N=N/c4ccc(S(=O)(=O)CC)cc4S(=O)(=O)O)c(NCS(=O)(=O)O)ccc3c2O)c1. The average Bonchev–Trinajstić information content (AvgIpc) is 3.02. The van der Waals surface area contributed by atoms with E-state index in [9.17, 15) is 53.0 Å². The first-order valence-electron chi connectivity index (χ1n) is 13.5. The summed E-state index contributed by atoms with van der Waals surface area (Å²) >= 11 is 0. The van der Waals surface area contributed by atoms with E-state index in [-0.39, 0.29) is 49.9 Å². The molecule has 0 aliphatic rings. The van der Waals surface area contributed by atoms with Crippen LogP contribution in [0, 0.1) is 0 Å². The lowest BCUT2D eigenvalue weighted by molar-refractivity contribution is 0.475. The van der Waals surface area contributed by atoms with Crippen molar-refractivity contribution in [2.24, 2.45) is 20.5 Å². The van der Waals surface area contributed by atoms with Crippen LogP contribution in [0.1, 0.15) is 13.8 Å². The lowest BCUT2D eigenvalue weighted by Gasteiger charge is -2.12. The Morgan fingerprint density at radius 3 is 1.77 bits per heavy atom. The maximum absolute atomic E-state index is 12.3. The molecule has 0 aliphatic heterocycles. The summed E-state index contributed by atoms with van der Waals surface area (Å²) in [7, 11) is -17.1. The lowest BCUT2D eigenvalue weighted by atomic mass is 10.1. The summed E-state index contributed by atoms with van der Waals surface area (Å²) in [5.41, 5.74) is -1.14. The number of anilines is 1. The van der Waals surface area contributed by atoms with Gasteiger partial charge in [0.1, 0.15) is 39.3 Å². The third-order valence-electron chi connectivity index (χ3n) is 6.73. The summed E-state index contributed by atoms with van der Waals surface area (Å²) in [6, 6.07) is 11.3. The van der Waals surface area contributed by atoms with Gasteiger partial charge in [-0.2, -0.15) is 16.8 Å². The smallest absolute Gasteiger partial charge is 0.296 e. The van der Waals surface area contributed by atoms with Crippen LogP contribution < -0.4 is 5.32 Å². The predicted molar refractivity (Wildman–Crippen MR) is 174 cm³/mol. The van der Waals surface area contributed by atoms with Gasteiger partial charge in [-0.25, -0.2) is 16.8 Å². The molecule has 0 fully saturated rings. The molecule has 0 aromatic heterocycles. The van der Waals surface area contributed by atoms with Gasteiger partial charge in [0.2, 0.25) is 0 Å². The molecule has 0 amide bonds. The van der Waals surface area contributed by atoms with Gasteiger partial charge in [-0.15, -0.1) is 20.5 Å². The molecule has 0 heterocycles. The van der Waals surface area contributed by atoms with E-state index < -0.39 is 72.8 Å². The lowest BCUT2D eigenvalue weighted by Crippen LogP contribution is -2.13. The van der Waals surface area contributed by atoms with Gasteiger partial charge in [-0.05, 0) is 60.7 Å². The number of aromatic hydroxyl groups is 2. The third kappa shape index (κ3) is 8.11. The fourth-order valence-corrected chi connectivity index (χ4v) is 7.03. The molecule has 256 valence electrons. The number of hydrogen-bond acceptors (Lipinski definition) is 15. The van der Waals surface area contributed by atoms with E-state index in [0.29, 0.717) is 6.07 Å². The molecule has 17 nitrogen and oxygen atoms in total. The summed E-state index contributed by atoms with van der Waals surface area (Å²) in [5.74, 6) is -2.45. The Balaban J connectivity index is 1.86. The molecule has 4 rings (SSSR count). The van der Waals surface area contributed by atoms with Crippen molar-refractivity contribution in [3.8, 4) is 11.5 Å². The molecule has 0 bridgehead atoms. The summed E-state index contributed by atoms with van der Waals surface area (Å²) < 4.78 is 115. The van der Waals surface area contributed by atoms with Crippen LogP contribution in [-0.2, 0) is 39.9 Å². The number of fused-ring (bicyclic) bond motifs is 1. The third-order valence-corrected chi connectivity index (χ3v) is 11.6. The van der Waals surface area contributed by atoms with E-state index in [1.807, 2.05) is 0 Å². The quantitative estimate of drug-likeness (QED) is 0.0926. The van der Waals surface area contributed by atoms with Crippen molar-refractivity contribution < 1.29 is 53.0 Å². The Kier molecular flexibility index (Phi) is 10.2. The van der Waals surface area contributed by atoms with Gasteiger partial charge in [0.25, 0.3) is 20.2 Å². The van der Waals surface area contributed by atoms with Gasteiger partial charge in [-0.3, -0.25) is 9.11 Å². The van der Waals surface area contributed by atoms with Gasteiger partial charge in [0.05, 0.1) is 27.0 Å². The van der Waals surface area contributed by atoms with Crippen LogP contribution in [0.2, 0.25) is 0 Å². The van der Waals surface area contributed by atoms with Crippen molar-refractivity contribution in [3.63, 3.8) is 0 Å². The molecule has 0 spiro atoms. The molecule has 21 heteroatoms. The Labute approximate surface area is 275 Å². The van der Waals surface area contributed by atoms with Crippen LogP contribution in [0.5, 0.6) is 11.5 Å². The maximum Gasteiger partial charge on any atom is 0.296 e. The van der Waals surface area contributed by atoms with Crippen LogP contribution in [0.15, 0.2) is 95.8 Å². The van der Waals surface area contributed by atoms with E-state index in [0.717, 1.165) is 24.3 Å². The second-order valence-electron chi connectivity index (χ2n) is 9.86. The monoisotopic (exact) mass is 741 g/mol. The first kappa shape index (κ1) is 36.3. The minimum atomic E-state index is -5.03. The summed E-state index contributed by atoms with van der Waals surface area (Å²) in [4.78, 5) is -1.41. The topological polar surface area (TPSA) is 279 Å². The van der Waals surface area contributed by atoms with Crippen LogP contribution in [0.3, 0.4) is 0 Å². The minimum Gasteiger partial charge on any atom is -0.506 e. The Morgan fingerprint density at radius 1 is 0.625 bits per heavy atom. The summed E-state index contributed by atoms with van der Waals surface area (Å²) in [5, 5.41) is 39.4. The zero-order chi connectivity index (χ0) is 35.7. The fourth-order valence-electron chi connectivity index (χ4n) is 4.16. The molecule has 0 aliphatic carbocycles. The van der Waals surface area contributed by atoms with Crippen LogP contribution in [0.4, 0.5) is 28.4 Å². The molecular weight excluding hydrogens is 715 g/mol. The molecule has 48 heavy (non-hydrogen) atoms. The zero-order valence-electron chi connectivity index (χ0n) is 24.9. The Bertz CT molecular complexity index is 2430. The molecule has 0 unspecified atom stereocenters. The first-order chi connectivity index (χ1) is 22.3. The van der Waals surface area contributed by atoms with Crippen LogP contribution in [0.25, 0.3) is 10.8 Å². The first-order valence-corrected chi connectivity index (χ1v) is 19.8. The van der Waals surface area contributed by atoms with Crippen molar-refractivity contribution in [1.29, 1.82) is 0 Å². The number of nitrogens with zero attached hydrogens (tertiary/aromatic N) is 4. The molecule has 4 aromatic rings. The zero-order valence-corrected chi connectivity index (χ0v) is 28.1. The number of sulfone groups is 2. The molecule has 0 saturated carbocycles. The van der Waals surface area contributed by atoms with Crippen LogP contribution >= 0.6 is 0 Å². The van der Waals surface area contributed by atoms with Gasteiger partial charge in [-0.1, -0.05) is 13.8 Å². The van der Waals surface area contributed by atoms with E-state index in [1.54, 1.807) is 0 Å². The van der Waals surface area contributed by atoms with Crippen molar-refractivity contribution in [2.45, 2.75) is 28.5 Å². The van der Waals surface area contributed by atoms with Gasteiger partial charge in [0, 0.05) is 10.8 Å². The van der Waals surface area contributed by atoms with E-state index in [4.69, 9.17) is 0 Å². The van der Waals surface area contributed by atoms with Crippen molar-refractivity contribution >= 4 is 79.1 Å². The van der Waals surface area contributed by atoms with Crippen LogP contribution in [-0.4, -0.2) is 70.4 Å². The second-order valence-corrected chi connectivity index (χ2v) is 17.3. The number of phenols is 2. The summed E-state index contributed by atoms with van der Waals surface area (Å²) in [6.45, 7) is 2.78. The fraction of sp³-hybridized carbons (Fsp3) is 0.185. The molecule has 4 aromatic carbocycles. The summed E-state index contributed by atoms with van der Waals surface area (Å²) in [6.07, 6.45) is 0. The van der Waals surface area contributed by atoms with E-state index in [2.05, 4.69) is 25.8 Å². The molecule has 0 atom stereocenters. The predicted octanol–water partition coefficient (Wildman–Crippen LogP) is 5.17. The standard InChI is InChI=1S/C27H27N5O12S4/c1-3-45(35,36)16-6-12-24(33)23(13-16)31-30-22-11-7-18-19(27(22)34)8-10-21(28-15-47(39,40)41)26(18)32-29-20-9-5-17(46(37,38)4-2)14-25(20)48(42,43)44/h5-14,28,33-34H,3-4,15H2,1-2H3,(H,39,40,41)(H,42,43,44)/b31-30+,32-29+. The number of benzene rings is 4. The van der Waals surface area contributed by atoms with Gasteiger partial charge >= 0.3 is 0 Å². The van der Waals surface area contributed by atoms with Gasteiger partial charge in [0.15, 0.2) is 25.4 Å². The van der Waals surface area contributed by atoms with E-state index >= 15 is 0 Å². The van der Waals surface area contributed by atoms with Gasteiger partial charge < -0.3 is 15.5 Å². The van der Waals surface area contributed by atoms with E-state index in [1.165, 1.54) is 44.2 Å². The number of nitrogens with one attached hydrogen (secondary N) is 1. The molecule has 5 N–H and O–H groups in total. The van der Waals surface area contributed by atoms with Crippen molar-refractivity contribution in [2.75, 3.05) is 22.7 Å². The Morgan fingerprint density at radius 2 is 1.17 bits per heavy atom. The number of azo groups is 2. The minimum absolute atomic E-state index is 0.0312. The molecular formula is C27H27N5O12S4. The van der Waals surface area contributed by atoms with Crippen molar-refractivity contribution in [1.82, 2.24) is 0 Å². The largest absolute Gasteiger partial charge is 0.506 e. The normalized spacial score (nSPS) is 13.1. The Hall–Kier alpha value is -4.54. The highest BCUT2D eigenvalue weighted by atomic mass is 32.2. The number of rotatable bonds is 12.